The fourth-order valence-corrected chi connectivity index (χ4v) is 2.87. The first kappa shape index (κ1) is 14.2. The van der Waals surface area contributed by atoms with Gasteiger partial charge in [0.1, 0.15) is 19.3 Å². The van der Waals surface area contributed by atoms with Crippen LogP contribution >= 0.6 is 11.6 Å². The lowest BCUT2D eigenvalue weighted by Crippen LogP contribution is -2.16. The molecule has 3 nitrogen and oxygen atoms in total. The van der Waals surface area contributed by atoms with E-state index in [1.54, 1.807) is 12.1 Å². The number of aryl methyl sites for hydroxylation is 2. The third-order valence-electron chi connectivity index (χ3n) is 3.65. The van der Waals surface area contributed by atoms with E-state index in [2.05, 4.69) is 6.07 Å². The molecule has 2 aromatic rings. The summed E-state index contributed by atoms with van der Waals surface area (Å²) in [7, 11) is 0. The first-order valence-corrected chi connectivity index (χ1v) is 7.28. The van der Waals surface area contributed by atoms with Crippen molar-refractivity contribution in [1.82, 2.24) is 0 Å². The molecule has 0 saturated heterocycles. The Morgan fingerprint density at radius 1 is 1.10 bits per heavy atom. The van der Waals surface area contributed by atoms with Gasteiger partial charge in [0.2, 0.25) is 0 Å². The van der Waals surface area contributed by atoms with E-state index < -0.39 is 6.10 Å². The van der Waals surface area contributed by atoms with Crippen LogP contribution in [0.15, 0.2) is 30.3 Å². The Bertz CT molecular complexity index is 682. The number of aliphatic hydroxyl groups excluding tert-OH is 1. The maximum absolute atomic E-state index is 10.6. The highest BCUT2D eigenvalue weighted by atomic mass is 35.5. The maximum Gasteiger partial charge on any atom is 0.179 e. The van der Waals surface area contributed by atoms with Gasteiger partial charge in [-0.05, 0) is 42.7 Å². The number of halogens is 1. The van der Waals surface area contributed by atoms with Gasteiger partial charge in [0, 0.05) is 0 Å². The maximum atomic E-state index is 10.6. The molecule has 1 aliphatic heterocycles. The van der Waals surface area contributed by atoms with Crippen molar-refractivity contribution >= 4 is 11.6 Å². The summed E-state index contributed by atoms with van der Waals surface area (Å²) in [6.45, 7) is 5.01. The van der Waals surface area contributed by atoms with Gasteiger partial charge in [-0.2, -0.15) is 0 Å². The molecule has 0 aromatic heterocycles. The molecule has 1 N–H and O–H groups in total. The Labute approximate surface area is 129 Å². The molecule has 1 unspecified atom stereocenters. The number of hydrogen-bond donors (Lipinski definition) is 1. The summed E-state index contributed by atoms with van der Waals surface area (Å²) in [6, 6.07) is 9.52. The zero-order chi connectivity index (χ0) is 15.0. The van der Waals surface area contributed by atoms with Crippen LogP contribution in [0.1, 0.15) is 28.4 Å². The van der Waals surface area contributed by atoms with Gasteiger partial charge in [-0.25, -0.2) is 0 Å². The van der Waals surface area contributed by atoms with Crippen LogP contribution in [0, 0.1) is 13.8 Å². The van der Waals surface area contributed by atoms with Crippen molar-refractivity contribution in [3.8, 4) is 11.5 Å². The molecule has 2 aromatic carbocycles. The number of benzene rings is 2. The average molecular weight is 305 g/mol. The fourth-order valence-electron chi connectivity index (χ4n) is 2.60. The van der Waals surface area contributed by atoms with Crippen LogP contribution in [0.4, 0.5) is 0 Å². The van der Waals surface area contributed by atoms with Gasteiger partial charge >= 0.3 is 0 Å². The van der Waals surface area contributed by atoms with Crippen molar-refractivity contribution in [2.24, 2.45) is 0 Å². The molecule has 3 rings (SSSR count). The van der Waals surface area contributed by atoms with E-state index in [4.69, 9.17) is 21.1 Å². The summed E-state index contributed by atoms with van der Waals surface area (Å²) < 4.78 is 11.1. The van der Waals surface area contributed by atoms with E-state index in [-0.39, 0.29) is 0 Å². The number of ether oxygens (including phenoxy) is 2. The zero-order valence-electron chi connectivity index (χ0n) is 12.0. The molecule has 0 saturated carbocycles. The van der Waals surface area contributed by atoms with Crippen molar-refractivity contribution in [1.29, 1.82) is 0 Å². The van der Waals surface area contributed by atoms with Crippen LogP contribution in [0.3, 0.4) is 0 Å². The summed E-state index contributed by atoms with van der Waals surface area (Å²) in [5.41, 5.74) is 3.79. The Morgan fingerprint density at radius 3 is 2.62 bits per heavy atom. The van der Waals surface area contributed by atoms with Crippen LogP contribution < -0.4 is 9.47 Å². The quantitative estimate of drug-likeness (QED) is 0.917. The topological polar surface area (TPSA) is 38.7 Å². The predicted molar refractivity (Wildman–Crippen MR) is 82.4 cm³/mol. The van der Waals surface area contributed by atoms with Gasteiger partial charge < -0.3 is 14.6 Å². The Hall–Kier alpha value is -1.71. The Kier molecular flexibility index (Phi) is 3.79. The molecule has 1 heterocycles. The molecule has 1 atom stereocenters. The second kappa shape index (κ2) is 5.58. The molecular weight excluding hydrogens is 288 g/mol. The van der Waals surface area contributed by atoms with Crippen molar-refractivity contribution in [2.75, 3.05) is 13.2 Å². The Balaban J connectivity index is 2.01. The van der Waals surface area contributed by atoms with E-state index in [9.17, 15) is 5.11 Å². The van der Waals surface area contributed by atoms with Crippen molar-refractivity contribution in [2.45, 2.75) is 20.0 Å². The van der Waals surface area contributed by atoms with Gasteiger partial charge in [0.15, 0.2) is 11.5 Å². The second-order valence-electron chi connectivity index (χ2n) is 5.29. The summed E-state index contributed by atoms with van der Waals surface area (Å²) in [5, 5.41) is 11.1. The number of rotatable bonds is 2. The van der Waals surface area contributed by atoms with Crippen molar-refractivity contribution in [3.05, 3.63) is 57.6 Å². The standard InChI is InChI=1S/C17H17ClO3/c1-10-3-4-13(11(2)7-10)16(19)12-8-14(18)17-15(9-12)20-5-6-21-17/h3-4,7-9,16,19H,5-6H2,1-2H3. The van der Waals surface area contributed by atoms with Gasteiger partial charge in [-0.1, -0.05) is 35.4 Å². The largest absolute Gasteiger partial charge is 0.486 e. The average Bonchev–Trinajstić information content (AvgIpc) is 2.46. The van der Waals surface area contributed by atoms with Crippen LogP contribution in [0.2, 0.25) is 5.02 Å². The molecule has 0 radical (unpaired) electrons. The van der Waals surface area contributed by atoms with E-state index in [0.717, 1.165) is 11.1 Å². The van der Waals surface area contributed by atoms with Gasteiger partial charge in [0.05, 0.1) is 5.02 Å². The smallest absolute Gasteiger partial charge is 0.179 e. The number of aliphatic hydroxyl groups is 1. The van der Waals surface area contributed by atoms with E-state index in [1.807, 2.05) is 26.0 Å². The summed E-state index contributed by atoms with van der Waals surface area (Å²) >= 11 is 6.23. The summed E-state index contributed by atoms with van der Waals surface area (Å²) in [6.07, 6.45) is -0.737. The first-order chi connectivity index (χ1) is 10.1. The monoisotopic (exact) mass is 304 g/mol. The highest BCUT2D eigenvalue weighted by Gasteiger charge is 2.21. The molecule has 4 heteroatoms. The first-order valence-electron chi connectivity index (χ1n) is 6.90. The van der Waals surface area contributed by atoms with Crippen LogP contribution in [-0.2, 0) is 0 Å². The normalized spacial score (nSPS) is 14.9. The van der Waals surface area contributed by atoms with Gasteiger partial charge in [-0.3, -0.25) is 0 Å². The lowest BCUT2D eigenvalue weighted by Gasteiger charge is -2.22. The van der Waals surface area contributed by atoms with Crippen LogP contribution in [0.25, 0.3) is 0 Å². The lowest BCUT2D eigenvalue weighted by atomic mass is 9.96. The minimum absolute atomic E-state index is 0.464. The van der Waals surface area contributed by atoms with E-state index in [0.29, 0.717) is 35.3 Å². The number of hydrogen-bond acceptors (Lipinski definition) is 3. The van der Waals surface area contributed by atoms with Crippen LogP contribution in [-0.4, -0.2) is 18.3 Å². The summed E-state index contributed by atoms with van der Waals surface area (Å²) in [5.74, 6) is 1.15. The van der Waals surface area contributed by atoms with E-state index in [1.165, 1.54) is 5.56 Å². The third-order valence-corrected chi connectivity index (χ3v) is 3.94. The highest BCUT2D eigenvalue weighted by molar-refractivity contribution is 6.32. The van der Waals surface area contributed by atoms with Crippen LogP contribution in [0.5, 0.6) is 11.5 Å². The fraction of sp³-hybridized carbons (Fsp3) is 0.294. The second-order valence-corrected chi connectivity index (χ2v) is 5.70. The molecule has 0 aliphatic carbocycles. The molecule has 21 heavy (non-hydrogen) atoms. The molecular formula is C17H17ClO3. The third kappa shape index (κ3) is 2.71. The van der Waals surface area contributed by atoms with E-state index >= 15 is 0 Å². The van der Waals surface area contributed by atoms with Crippen molar-refractivity contribution in [3.63, 3.8) is 0 Å². The molecule has 1 aliphatic rings. The minimum atomic E-state index is -0.737. The SMILES string of the molecule is Cc1ccc(C(O)c2cc(Cl)c3c(c2)OCCO3)c(C)c1. The summed E-state index contributed by atoms with van der Waals surface area (Å²) in [4.78, 5) is 0. The van der Waals surface area contributed by atoms with Gasteiger partial charge in [-0.15, -0.1) is 0 Å². The molecule has 0 amide bonds. The Morgan fingerprint density at radius 2 is 1.86 bits per heavy atom. The number of fused-ring (bicyclic) bond motifs is 1. The molecule has 0 fully saturated rings. The molecule has 110 valence electrons. The highest BCUT2D eigenvalue weighted by Crippen LogP contribution is 2.40. The zero-order valence-corrected chi connectivity index (χ0v) is 12.8. The lowest BCUT2D eigenvalue weighted by molar-refractivity contribution is 0.170. The predicted octanol–water partition coefficient (Wildman–Crippen LogP) is 3.81. The molecule has 0 spiro atoms. The molecule has 0 bridgehead atoms. The van der Waals surface area contributed by atoms with Gasteiger partial charge in [0.25, 0.3) is 0 Å². The van der Waals surface area contributed by atoms with Crippen molar-refractivity contribution < 1.29 is 14.6 Å². The minimum Gasteiger partial charge on any atom is -0.486 e.